The molecule has 2 aromatic rings. The van der Waals surface area contributed by atoms with Crippen molar-refractivity contribution in [3.63, 3.8) is 0 Å². The van der Waals surface area contributed by atoms with E-state index >= 15 is 0 Å². The Balaban J connectivity index is 1.71. The maximum Gasteiger partial charge on any atom is 0.308 e. The summed E-state index contributed by atoms with van der Waals surface area (Å²) >= 11 is 0. The van der Waals surface area contributed by atoms with Crippen LogP contribution in [0.15, 0.2) is 30.6 Å². The molecule has 3 atom stereocenters. The second-order valence-electron chi connectivity index (χ2n) is 7.23. The van der Waals surface area contributed by atoms with Crippen molar-refractivity contribution in [3.05, 3.63) is 36.3 Å². The zero-order valence-electron chi connectivity index (χ0n) is 15.9. The molecule has 150 valence electrons. The number of aliphatic carboxylic acids is 1. The third-order valence-corrected chi connectivity index (χ3v) is 5.28. The van der Waals surface area contributed by atoms with Gasteiger partial charge in [0, 0.05) is 12.2 Å². The molecule has 3 rings (SSSR count). The molecular formula is C20H26N4O4. The lowest BCUT2D eigenvalue weighted by molar-refractivity contribution is -0.142. The zero-order valence-corrected chi connectivity index (χ0v) is 15.9. The predicted octanol–water partition coefficient (Wildman–Crippen LogP) is 1.99. The van der Waals surface area contributed by atoms with Crippen molar-refractivity contribution in [1.29, 1.82) is 0 Å². The summed E-state index contributed by atoms with van der Waals surface area (Å²) < 4.78 is 1.67. The number of hydrogen-bond donors (Lipinski definition) is 3. The number of carboxylic acid groups (broad SMARTS) is 1. The van der Waals surface area contributed by atoms with Gasteiger partial charge in [-0.3, -0.25) is 18.8 Å². The van der Waals surface area contributed by atoms with E-state index in [0.29, 0.717) is 30.6 Å². The predicted molar refractivity (Wildman–Crippen MR) is 103 cm³/mol. The van der Waals surface area contributed by atoms with E-state index in [4.69, 9.17) is 0 Å². The minimum Gasteiger partial charge on any atom is -0.481 e. The largest absolute Gasteiger partial charge is 0.481 e. The van der Waals surface area contributed by atoms with E-state index in [-0.39, 0.29) is 17.9 Å². The number of hydrogen-bond acceptors (Lipinski definition) is 4. The van der Waals surface area contributed by atoms with Crippen molar-refractivity contribution in [1.82, 2.24) is 20.0 Å². The Bertz CT molecular complexity index is 863. The molecule has 1 saturated carbocycles. The van der Waals surface area contributed by atoms with Gasteiger partial charge in [0.2, 0.25) is 5.91 Å². The number of nitrogens with one attached hydrogen (secondary N) is 2. The Kier molecular flexibility index (Phi) is 6.28. The number of carboxylic acids is 1. The first kappa shape index (κ1) is 19.9. The third-order valence-electron chi connectivity index (χ3n) is 5.28. The van der Waals surface area contributed by atoms with Crippen molar-refractivity contribution in [3.8, 4) is 0 Å². The molecule has 1 aliphatic carbocycles. The first-order chi connectivity index (χ1) is 13.5. The lowest BCUT2D eigenvalue weighted by atomic mass is 10.0. The molecule has 0 aliphatic heterocycles. The molecule has 2 heterocycles. The highest BCUT2D eigenvalue weighted by molar-refractivity contribution is 5.97. The number of fused-ring (bicyclic) bond motifs is 1. The second-order valence-corrected chi connectivity index (χ2v) is 7.23. The van der Waals surface area contributed by atoms with Gasteiger partial charge in [0.05, 0.1) is 12.1 Å². The quantitative estimate of drug-likeness (QED) is 0.642. The fourth-order valence-corrected chi connectivity index (χ4v) is 3.72. The molecule has 0 aromatic carbocycles. The van der Waals surface area contributed by atoms with Crippen LogP contribution in [0.1, 0.15) is 55.9 Å². The lowest BCUT2D eigenvalue weighted by Gasteiger charge is -2.23. The van der Waals surface area contributed by atoms with Crippen LogP contribution in [-0.4, -0.2) is 44.4 Å². The molecular weight excluding hydrogens is 360 g/mol. The summed E-state index contributed by atoms with van der Waals surface area (Å²) in [5, 5.41) is 15.0. The van der Waals surface area contributed by atoms with Crippen molar-refractivity contribution >= 4 is 23.4 Å². The Morgan fingerprint density at radius 1 is 1.32 bits per heavy atom. The van der Waals surface area contributed by atoms with E-state index in [2.05, 4.69) is 15.6 Å². The summed E-state index contributed by atoms with van der Waals surface area (Å²) in [5.74, 6) is -2.15. The average molecular weight is 386 g/mol. The van der Waals surface area contributed by atoms with Gasteiger partial charge in [-0.15, -0.1) is 0 Å². The van der Waals surface area contributed by atoms with Gasteiger partial charge in [0.25, 0.3) is 5.91 Å². The summed E-state index contributed by atoms with van der Waals surface area (Å²) in [6.07, 6.45) is 7.36. The summed E-state index contributed by atoms with van der Waals surface area (Å²) in [6, 6.07) is 4.34. The Labute approximate surface area is 163 Å². The standard InChI is InChI=1S/C20H26N4O4/c1-2-3-8-15(18(25)22-14-9-6-7-13(14)20(27)28)23-19(26)16-12-21-17-10-4-5-11-24(16)17/h4-5,10-15H,2-3,6-9H2,1H3,(H,22,25)(H,23,26)(H,27,28)/t13-,14+,15+/m1/s1. The highest BCUT2D eigenvalue weighted by atomic mass is 16.4. The van der Waals surface area contributed by atoms with Gasteiger partial charge in [0.1, 0.15) is 17.4 Å². The number of carbonyl (C=O) groups is 3. The highest BCUT2D eigenvalue weighted by Gasteiger charge is 2.35. The summed E-state index contributed by atoms with van der Waals surface area (Å²) in [5.41, 5.74) is 1.01. The van der Waals surface area contributed by atoms with E-state index in [9.17, 15) is 19.5 Å². The zero-order chi connectivity index (χ0) is 20.1. The average Bonchev–Trinajstić information content (AvgIpc) is 3.31. The van der Waals surface area contributed by atoms with E-state index in [1.807, 2.05) is 13.0 Å². The van der Waals surface area contributed by atoms with Crippen LogP contribution in [0.4, 0.5) is 0 Å². The van der Waals surface area contributed by atoms with E-state index in [1.54, 1.807) is 22.7 Å². The smallest absolute Gasteiger partial charge is 0.308 e. The minimum absolute atomic E-state index is 0.325. The van der Waals surface area contributed by atoms with Crippen molar-refractivity contribution in [2.24, 2.45) is 5.92 Å². The van der Waals surface area contributed by atoms with Crippen LogP contribution in [0.2, 0.25) is 0 Å². The number of unbranched alkanes of at least 4 members (excludes halogenated alkanes) is 1. The topological polar surface area (TPSA) is 113 Å². The maximum atomic E-state index is 12.8. The van der Waals surface area contributed by atoms with Crippen LogP contribution in [0.3, 0.4) is 0 Å². The molecule has 1 aliphatic rings. The number of imidazole rings is 1. The Hall–Kier alpha value is -2.90. The van der Waals surface area contributed by atoms with Gasteiger partial charge in [-0.25, -0.2) is 4.98 Å². The molecule has 0 bridgehead atoms. The van der Waals surface area contributed by atoms with Crippen molar-refractivity contribution in [2.75, 3.05) is 0 Å². The van der Waals surface area contributed by atoms with Crippen molar-refractivity contribution in [2.45, 2.75) is 57.5 Å². The summed E-state index contributed by atoms with van der Waals surface area (Å²) in [6.45, 7) is 2.01. The van der Waals surface area contributed by atoms with E-state index in [0.717, 1.165) is 19.3 Å². The highest BCUT2D eigenvalue weighted by Crippen LogP contribution is 2.26. The number of rotatable bonds is 8. The van der Waals surface area contributed by atoms with Gasteiger partial charge in [-0.05, 0) is 31.4 Å². The fraction of sp³-hybridized carbons (Fsp3) is 0.500. The molecule has 0 unspecified atom stereocenters. The van der Waals surface area contributed by atoms with Crippen LogP contribution < -0.4 is 10.6 Å². The number of amides is 2. The van der Waals surface area contributed by atoms with Crippen LogP contribution in [0.25, 0.3) is 5.65 Å². The number of nitrogens with zero attached hydrogens (tertiary/aromatic N) is 2. The number of carbonyl (C=O) groups excluding carboxylic acids is 2. The third kappa shape index (κ3) is 4.32. The molecule has 2 amide bonds. The molecule has 2 aromatic heterocycles. The second kappa shape index (κ2) is 8.86. The van der Waals surface area contributed by atoms with E-state index in [1.165, 1.54) is 6.20 Å². The lowest BCUT2D eigenvalue weighted by Crippen LogP contribution is -2.51. The molecule has 0 saturated heterocycles. The molecule has 1 fully saturated rings. The monoisotopic (exact) mass is 386 g/mol. The molecule has 3 N–H and O–H groups in total. The van der Waals surface area contributed by atoms with Crippen LogP contribution in [0.5, 0.6) is 0 Å². The van der Waals surface area contributed by atoms with Gasteiger partial charge in [-0.2, -0.15) is 0 Å². The first-order valence-corrected chi connectivity index (χ1v) is 9.77. The molecule has 8 nitrogen and oxygen atoms in total. The van der Waals surface area contributed by atoms with Crippen LogP contribution in [0, 0.1) is 5.92 Å². The molecule has 8 heteroatoms. The minimum atomic E-state index is -0.886. The Morgan fingerprint density at radius 3 is 2.89 bits per heavy atom. The molecule has 0 radical (unpaired) electrons. The van der Waals surface area contributed by atoms with Gasteiger partial charge in [-0.1, -0.05) is 32.3 Å². The van der Waals surface area contributed by atoms with E-state index < -0.39 is 17.9 Å². The fourth-order valence-electron chi connectivity index (χ4n) is 3.72. The SMILES string of the molecule is CCCC[C@H](NC(=O)c1cnc2ccccn12)C(=O)N[C@H]1CCC[C@H]1C(=O)O. The van der Waals surface area contributed by atoms with Crippen LogP contribution in [-0.2, 0) is 9.59 Å². The maximum absolute atomic E-state index is 12.8. The van der Waals surface area contributed by atoms with Crippen LogP contribution >= 0.6 is 0 Å². The normalized spacial score (nSPS) is 20.0. The van der Waals surface area contributed by atoms with Crippen molar-refractivity contribution < 1.29 is 19.5 Å². The number of aromatic nitrogens is 2. The molecule has 0 spiro atoms. The summed E-state index contributed by atoms with van der Waals surface area (Å²) in [4.78, 5) is 41.1. The van der Waals surface area contributed by atoms with Gasteiger partial charge in [0.15, 0.2) is 0 Å². The number of pyridine rings is 1. The summed E-state index contributed by atoms with van der Waals surface area (Å²) in [7, 11) is 0. The molecule has 28 heavy (non-hydrogen) atoms. The Morgan fingerprint density at radius 2 is 2.14 bits per heavy atom. The first-order valence-electron chi connectivity index (χ1n) is 9.77. The van der Waals surface area contributed by atoms with Gasteiger partial charge >= 0.3 is 5.97 Å². The van der Waals surface area contributed by atoms with Gasteiger partial charge < -0.3 is 15.7 Å².